The summed E-state index contributed by atoms with van der Waals surface area (Å²) in [7, 11) is 0. The van der Waals surface area contributed by atoms with Gasteiger partial charge in [0.25, 0.3) is 0 Å². The first-order valence-electron chi connectivity index (χ1n) is 6.33. The first kappa shape index (κ1) is 13.9. The molecule has 0 aliphatic heterocycles. The highest BCUT2D eigenvalue weighted by Gasteiger charge is 2.25. The number of thiophene rings is 1. The van der Waals surface area contributed by atoms with E-state index >= 15 is 0 Å². The van der Waals surface area contributed by atoms with Gasteiger partial charge in [0.15, 0.2) is 0 Å². The van der Waals surface area contributed by atoms with E-state index in [0.29, 0.717) is 11.3 Å². The van der Waals surface area contributed by atoms with Gasteiger partial charge in [-0.05, 0) is 37.0 Å². The summed E-state index contributed by atoms with van der Waals surface area (Å²) in [6.07, 6.45) is 6.77. The number of carbonyl (C=O) groups excluding carboxylic acids is 1. The van der Waals surface area contributed by atoms with Crippen molar-refractivity contribution in [3.8, 4) is 0 Å². The number of nitrogens with two attached hydrogens (primary N) is 1. The van der Waals surface area contributed by atoms with E-state index in [0.717, 1.165) is 17.7 Å². The molecule has 1 aliphatic rings. The van der Waals surface area contributed by atoms with Gasteiger partial charge in [-0.15, -0.1) is 11.3 Å². The van der Waals surface area contributed by atoms with Crippen molar-refractivity contribution in [3.05, 3.63) is 22.4 Å². The number of nitrogens with one attached hydrogen (secondary N) is 1. The second-order valence-electron chi connectivity index (χ2n) is 4.72. The molecule has 3 atom stereocenters. The molecule has 1 aliphatic carbocycles. The van der Waals surface area contributed by atoms with Gasteiger partial charge >= 0.3 is 0 Å². The van der Waals surface area contributed by atoms with Crippen LogP contribution in [0.5, 0.6) is 0 Å². The van der Waals surface area contributed by atoms with Crippen molar-refractivity contribution >= 4 is 29.0 Å². The molecule has 1 aromatic heterocycles. The summed E-state index contributed by atoms with van der Waals surface area (Å²) >= 11 is 3.44. The van der Waals surface area contributed by atoms with Crippen LogP contribution in [0, 0.1) is 0 Å². The Morgan fingerprint density at radius 2 is 2.44 bits per heavy atom. The molecule has 0 saturated heterocycles. The standard InChI is InChI=1S/C13H20N2OS2/c1-17-10-5-2-4-9(8-10)15-13(16)12(14)11-6-3-7-18-11/h3,6-7,9-10,12H,2,4-5,8,14H2,1H3,(H,15,16). The van der Waals surface area contributed by atoms with Gasteiger partial charge in [0.1, 0.15) is 6.04 Å². The third-order valence-electron chi connectivity index (χ3n) is 3.44. The Morgan fingerprint density at radius 3 is 3.11 bits per heavy atom. The topological polar surface area (TPSA) is 55.1 Å². The van der Waals surface area contributed by atoms with Gasteiger partial charge in [-0.25, -0.2) is 0 Å². The highest BCUT2D eigenvalue weighted by molar-refractivity contribution is 7.99. The molecular weight excluding hydrogens is 264 g/mol. The normalized spacial score (nSPS) is 25.7. The van der Waals surface area contributed by atoms with E-state index < -0.39 is 6.04 Å². The van der Waals surface area contributed by atoms with Crippen LogP contribution in [0.1, 0.15) is 36.6 Å². The number of thioether (sulfide) groups is 1. The predicted octanol–water partition coefficient (Wildman–Crippen LogP) is 2.54. The van der Waals surface area contributed by atoms with Crippen molar-refractivity contribution in [1.82, 2.24) is 5.32 Å². The van der Waals surface area contributed by atoms with Crippen molar-refractivity contribution in [2.45, 2.75) is 43.0 Å². The maximum atomic E-state index is 12.1. The van der Waals surface area contributed by atoms with E-state index in [2.05, 4.69) is 11.6 Å². The van der Waals surface area contributed by atoms with Crippen LogP contribution in [0.3, 0.4) is 0 Å². The largest absolute Gasteiger partial charge is 0.352 e. The van der Waals surface area contributed by atoms with E-state index in [1.165, 1.54) is 24.2 Å². The Morgan fingerprint density at radius 1 is 1.61 bits per heavy atom. The zero-order valence-electron chi connectivity index (χ0n) is 10.6. The first-order chi connectivity index (χ1) is 8.70. The third-order valence-corrected chi connectivity index (χ3v) is 5.49. The van der Waals surface area contributed by atoms with Crippen molar-refractivity contribution in [2.75, 3.05) is 6.26 Å². The van der Waals surface area contributed by atoms with Gasteiger partial charge in [-0.2, -0.15) is 11.8 Å². The van der Waals surface area contributed by atoms with Crippen LogP contribution in [0.15, 0.2) is 17.5 Å². The smallest absolute Gasteiger partial charge is 0.242 e. The minimum absolute atomic E-state index is 0.0378. The van der Waals surface area contributed by atoms with E-state index in [-0.39, 0.29) is 5.91 Å². The molecule has 3 unspecified atom stereocenters. The van der Waals surface area contributed by atoms with Crippen molar-refractivity contribution < 1.29 is 4.79 Å². The van der Waals surface area contributed by atoms with Crippen LogP contribution in [0.2, 0.25) is 0 Å². The summed E-state index contributed by atoms with van der Waals surface area (Å²) in [6, 6.07) is 3.63. The Balaban J connectivity index is 1.87. The molecule has 1 heterocycles. The Kier molecular flexibility index (Phi) is 5.09. The molecule has 1 fully saturated rings. The zero-order valence-corrected chi connectivity index (χ0v) is 12.2. The van der Waals surface area contributed by atoms with Gasteiger partial charge < -0.3 is 11.1 Å². The van der Waals surface area contributed by atoms with Crippen LogP contribution < -0.4 is 11.1 Å². The summed E-state index contributed by atoms with van der Waals surface area (Å²) in [4.78, 5) is 13.0. The SMILES string of the molecule is CSC1CCCC(NC(=O)C(N)c2cccs2)C1. The predicted molar refractivity (Wildman–Crippen MR) is 78.9 cm³/mol. The average Bonchev–Trinajstić information content (AvgIpc) is 2.92. The van der Waals surface area contributed by atoms with Crippen LogP contribution >= 0.6 is 23.1 Å². The second-order valence-corrected chi connectivity index (χ2v) is 6.84. The van der Waals surface area contributed by atoms with Crippen molar-refractivity contribution in [1.29, 1.82) is 0 Å². The minimum Gasteiger partial charge on any atom is -0.352 e. The van der Waals surface area contributed by atoms with Gasteiger partial charge in [0.2, 0.25) is 5.91 Å². The highest BCUT2D eigenvalue weighted by atomic mass is 32.2. The van der Waals surface area contributed by atoms with Crippen LogP contribution in [0.25, 0.3) is 0 Å². The quantitative estimate of drug-likeness (QED) is 0.893. The summed E-state index contributed by atoms with van der Waals surface area (Å²) in [5.74, 6) is -0.0378. The lowest BCUT2D eigenvalue weighted by Crippen LogP contribution is -2.43. The molecule has 2 rings (SSSR count). The molecule has 0 bridgehead atoms. The number of rotatable bonds is 4. The fraction of sp³-hybridized carbons (Fsp3) is 0.615. The Bertz CT molecular complexity index is 380. The zero-order chi connectivity index (χ0) is 13.0. The first-order valence-corrected chi connectivity index (χ1v) is 8.49. The monoisotopic (exact) mass is 284 g/mol. The van der Waals surface area contributed by atoms with Crippen molar-refractivity contribution in [3.63, 3.8) is 0 Å². The Hall–Kier alpha value is -0.520. The van der Waals surface area contributed by atoms with E-state index in [1.807, 2.05) is 29.3 Å². The highest BCUT2D eigenvalue weighted by Crippen LogP contribution is 2.27. The number of carbonyl (C=O) groups is 1. The number of amides is 1. The lowest BCUT2D eigenvalue weighted by molar-refractivity contribution is -0.123. The minimum atomic E-state index is -0.514. The summed E-state index contributed by atoms with van der Waals surface area (Å²) in [5, 5.41) is 5.73. The molecule has 100 valence electrons. The molecule has 18 heavy (non-hydrogen) atoms. The van der Waals surface area contributed by atoms with E-state index in [4.69, 9.17) is 5.73 Å². The molecule has 0 aromatic carbocycles. The van der Waals surface area contributed by atoms with Gasteiger partial charge in [-0.1, -0.05) is 12.5 Å². The second kappa shape index (κ2) is 6.59. The molecule has 5 heteroatoms. The van der Waals surface area contributed by atoms with Gasteiger partial charge in [-0.3, -0.25) is 4.79 Å². The molecular formula is C13H20N2OS2. The third kappa shape index (κ3) is 3.49. The number of hydrogen-bond donors (Lipinski definition) is 2. The molecule has 1 saturated carbocycles. The average molecular weight is 284 g/mol. The molecule has 0 spiro atoms. The lowest BCUT2D eigenvalue weighted by Gasteiger charge is -2.29. The maximum absolute atomic E-state index is 12.1. The molecule has 3 nitrogen and oxygen atoms in total. The van der Waals surface area contributed by atoms with Gasteiger partial charge in [0, 0.05) is 16.2 Å². The molecule has 1 aromatic rings. The maximum Gasteiger partial charge on any atom is 0.242 e. The summed E-state index contributed by atoms with van der Waals surface area (Å²) in [5.41, 5.74) is 5.96. The molecule has 3 N–H and O–H groups in total. The van der Waals surface area contributed by atoms with Crippen LogP contribution in [-0.2, 0) is 4.79 Å². The van der Waals surface area contributed by atoms with E-state index in [9.17, 15) is 4.79 Å². The summed E-state index contributed by atoms with van der Waals surface area (Å²) in [6.45, 7) is 0. The Labute approximate surface area is 117 Å². The molecule has 0 radical (unpaired) electrons. The number of hydrogen-bond acceptors (Lipinski definition) is 4. The fourth-order valence-electron chi connectivity index (χ4n) is 2.38. The molecule has 1 amide bonds. The van der Waals surface area contributed by atoms with Crippen LogP contribution in [-0.4, -0.2) is 23.5 Å². The van der Waals surface area contributed by atoms with Crippen molar-refractivity contribution in [2.24, 2.45) is 5.73 Å². The summed E-state index contributed by atoms with van der Waals surface area (Å²) < 4.78 is 0. The van der Waals surface area contributed by atoms with Gasteiger partial charge in [0.05, 0.1) is 0 Å². The fourth-order valence-corrected chi connectivity index (χ4v) is 3.93. The lowest BCUT2D eigenvalue weighted by atomic mass is 9.94. The van der Waals surface area contributed by atoms with Crippen LogP contribution in [0.4, 0.5) is 0 Å². The van der Waals surface area contributed by atoms with E-state index in [1.54, 1.807) is 0 Å².